The van der Waals surface area contributed by atoms with Gasteiger partial charge in [0.25, 0.3) is 0 Å². The largest absolute Gasteiger partial charge is 0.124 e. The lowest BCUT2D eigenvalue weighted by molar-refractivity contribution is 0.391. The Morgan fingerprint density at radius 1 is 1.25 bits per heavy atom. The summed E-state index contributed by atoms with van der Waals surface area (Å²) in [4.78, 5) is 1.09. The highest BCUT2D eigenvalue weighted by atomic mass is 35.5. The van der Waals surface area contributed by atoms with E-state index >= 15 is 0 Å². The molecule has 0 unspecified atom stereocenters. The van der Waals surface area contributed by atoms with Crippen LogP contribution in [-0.4, -0.2) is 5.75 Å². The van der Waals surface area contributed by atoms with Crippen molar-refractivity contribution < 1.29 is 0 Å². The van der Waals surface area contributed by atoms with Crippen LogP contribution in [0.3, 0.4) is 0 Å². The number of benzene rings is 1. The standard InChI is InChI=1S/C13H15Cl2S/c14-11-7-4-8-12(13(11)15)16-9-10-5-2-1-3-6-10/h4,8,10H,1-3,5-6,9H2. The SMILES string of the molecule is Clc1[c]ccc(SCC2CCCCC2)c1Cl. The molecule has 0 aromatic heterocycles. The van der Waals surface area contributed by atoms with Crippen LogP contribution >= 0.6 is 35.0 Å². The van der Waals surface area contributed by atoms with Crippen LogP contribution in [0, 0.1) is 12.0 Å². The maximum atomic E-state index is 6.13. The van der Waals surface area contributed by atoms with Gasteiger partial charge in [-0.15, -0.1) is 11.8 Å². The van der Waals surface area contributed by atoms with Crippen molar-refractivity contribution in [1.29, 1.82) is 0 Å². The van der Waals surface area contributed by atoms with Crippen LogP contribution in [0.15, 0.2) is 17.0 Å². The zero-order valence-corrected chi connectivity index (χ0v) is 11.5. The van der Waals surface area contributed by atoms with Crippen LogP contribution in [0.1, 0.15) is 32.1 Å². The first-order valence-corrected chi connectivity index (χ1v) is 7.50. The van der Waals surface area contributed by atoms with Gasteiger partial charge < -0.3 is 0 Å². The maximum Gasteiger partial charge on any atom is 0.0734 e. The van der Waals surface area contributed by atoms with Gasteiger partial charge in [0, 0.05) is 16.7 Å². The predicted octanol–water partition coefficient (Wildman–Crippen LogP) is 5.47. The molecule has 1 aliphatic rings. The Balaban J connectivity index is 1.91. The summed E-state index contributed by atoms with van der Waals surface area (Å²) >= 11 is 13.9. The number of hydrogen-bond acceptors (Lipinski definition) is 1. The van der Waals surface area contributed by atoms with Gasteiger partial charge in [-0.2, -0.15) is 0 Å². The molecule has 0 atom stereocenters. The van der Waals surface area contributed by atoms with Crippen molar-refractivity contribution in [3.05, 3.63) is 28.2 Å². The summed E-state index contributed by atoms with van der Waals surface area (Å²) in [5, 5.41) is 1.19. The summed E-state index contributed by atoms with van der Waals surface area (Å²) in [6, 6.07) is 6.74. The van der Waals surface area contributed by atoms with Crippen LogP contribution in [-0.2, 0) is 0 Å². The first kappa shape index (κ1) is 12.6. The Bertz CT molecular complexity index is 346. The van der Waals surface area contributed by atoms with Gasteiger partial charge in [0.05, 0.1) is 10.0 Å². The van der Waals surface area contributed by atoms with Gasteiger partial charge in [-0.05, 0) is 24.8 Å². The minimum atomic E-state index is 0.537. The average Bonchev–Trinajstić information content (AvgIpc) is 2.32. The molecule has 1 aliphatic carbocycles. The number of hydrogen-bond donors (Lipinski definition) is 0. The molecule has 0 amide bonds. The van der Waals surface area contributed by atoms with Crippen molar-refractivity contribution in [3.63, 3.8) is 0 Å². The normalized spacial score (nSPS) is 17.6. The van der Waals surface area contributed by atoms with E-state index in [4.69, 9.17) is 23.2 Å². The molecule has 2 rings (SSSR count). The van der Waals surface area contributed by atoms with Crippen molar-refractivity contribution in [2.24, 2.45) is 5.92 Å². The molecule has 1 aromatic carbocycles. The molecule has 0 aliphatic heterocycles. The zero-order chi connectivity index (χ0) is 11.4. The van der Waals surface area contributed by atoms with Crippen LogP contribution < -0.4 is 0 Å². The third-order valence-electron chi connectivity index (χ3n) is 3.05. The van der Waals surface area contributed by atoms with Crippen molar-refractivity contribution >= 4 is 35.0 Å². The molecule has 1 fully saturated rings. The van der Waals surface area contributed by atoms with E-state index in [0.717, 1.165) is 10.8 Å². The first-order chi connectivity index (χ1) is 7.77. The molecule has 16 heavy (non-hydrogen) atoms. The molecule has 0 nitrogen and oxygen atoms in total. The Hall–Kier alpha value is 0.150. The highest BCUT2D eigenvalue weighted by molar-refractivity contribution is 7.99. The molecule has 1 radical (unpaired) electrons. The van der Waals surface area contributed by atoms with Crippen LogP contribution in [0.5, 0.6) is 0 Å². The molecule has 0 bridgehead atoms. The summed E-state index contributed by atoms with van der Waals surface area (Å²) in [7, 11) is 0. The summed E-state index contributed by atoms with van der Waals surface area (Å²) in [6.07, 6.45) is 6.94. The molecule has 0 saturated heterocycles. The van der Waals surface area contributed by atoms with Gasteiger partial charge in [0.15, 0.2) is 0 Å². The molecule has 0 N–H and O–H groups in total. The fraction of sp³-hybridized carbons (Fsp3) is 0.538. The van der Waals surface area contributed by atoms with E-state index in [1.165, 1.54) is 37.9 Å². The molecule has 87 valence electrons. The van der Waals surface area contributed by atoms with Crippen molar-refractivity contribution in [3.8, 4) is 0 Å². The summed E-state index contributed by atoms with van der Waals surface area (Å²) < 4.78 is 0. The number of thioether (sulfide) groups is 1. The lowest BCUT2D eigenvalue weighted by atomic mass is 9.91. The van der Waals surface area contributed by atoms with Gasteiger partial charge in [-0.3, -0.25) is 0 Å². The van der Waals surface area contributed by atoms with Crippen molar-refractivity contribution in [1.82, 2.24) is 0 Å². The van der Waals surface area contributed by atoms with Gasteiger partial charge in [0.1, 0.15) is 0 Å². The second kappa shape index (κ2) is 6.18. The average molecular weight is 274 g/mol. The molecule has 0 spiro atoms. The van der Waals surface area contributed by atoms with E-state index in [2.05, 4.69) is 6.07 Å². The van der Waals surface area contributed by atoms with Gasteiger partial charge >= 0.3 is 0 Å². The Labute approximate surface area is 112 Å². The Morgan fingerprint density at radius 2 is 2.00 bits per heavy atom. The van der Waals surface area contributed by atoms with Gasteiger partial charge in [-0.1, -0.05) is 48.5 Å². The highest BCUT2D eigenvalue weighted by Gasteiger charge is 2.14. The number of halogens is 2. The van der Waals surface area contributed by atoms with E-state index in [0.29, 0.717) is 10.0 Å². The zero-order valence-electron chi connectivity index (χ0n) is 9.14. The second-order valence-electron chi connectivity index (χ2n) is 4.28. The monoisotopic (exact) mass is 273 g/mol. The lowest BCUT2D eigenvalue weighted by Gasteiger charge is -2.21. The highest BCUT2D eigenvalue weighted by Crippen LogP contribution is 2.35. The van der Waals surface area contributed by atoms with E-state index in [-0.39, 0.29) is 0 Å². The summed E-state index contributed by atoms with van der Waals surface area (Å²) in [6.45, 7) is 0. The van der Waals surface area contributed by atoms with Crippen LogP contribution in [0.2, 0.25) is 10.0 Å². The lowest BCUT2D eigenvalue weighted by Crippen LogP contribution is -2.08. The third-order valence-corrected chi connectivity index (χ3v) is 5.24. The van der Waals surface area contributed by atoms with Crippen LogP contribution in [0.4, 0.5) is 0 Å². The fourth-order valence-corrected chi connectivity index (χ4v) is 3.75. The second-order valence-corrected chi connectivity index (χ2v) is 6.10. The summed E-state index contributed by atoms with van der Waals surface area (Å²) in [5.41, 5.74) is 0. The minimum Gasteiger partial charge on any atom is -0.124 e. The summed E-state index contributed by atoms with van der Waals surface area (Å²) in [5.74, 6) is 2.03. The van der Waals surface area contributed by atoms with E-state index < -0.39 is 0 Å². The number of rotatable bonds is 3. The van der Waals surface area contributed by atoms with Crippen molar-refractivity contribution in [2.75, 3.05) is 5.75 Å². The quantitative estimate of drug-likeness (QED) is 0.659. The minimum absolute atomic E-state index is 0.537. The van der Waals surface area contributed by atoms with Gasteiger partial charge in [-0.25, -0.2) is 0 Å². The van der Waals surface area contributed by atoms with E-state index in [1.807, 2.05) is 23.9 Å². The maximum absolute atomic E-state index is 6.13. The van der Waals surface area contributed by atoms with Gasteiger partial charge in [0.2, 0.25) is 0 Å². The fourth-order valence-electron chi connectivity index (χ4n) is 2.11. The molecule has 1 aromatic rings. The molecule has 0 heterocycles. The van der Waals surface area contributed by atoms with E-state index in [1.54, 1.807) is 0 Å². The smallest absolute Gasteiger partial charge is 0.0734 e. The molecular formula is C13H15Cl2S. The topological polar surface area (TPSA) is 0 Å². The molecular weight excluding hydrogens is 259 g/mol. The predicted molar refractivity (Wildman–Crippen MR) is 72.6 cm³/mol. The molecule has 3 heteroatoms. The third kappa shape index (κ3) is 3.32. The van der Waals surface area contributed by atoms with Crippen LogP contribution in [0.25, 0.3) is 0 Å². The van der Waals surface area contributed by atoms with Crippen molar-refractivity contribution in [2.45, 2.75) is 37.0 Å². The Morgan fingerprint density at radius 3 is 2.75 bits per heavy atom. The molecule has 1 saturated carbocycles. The first-order valence-electron chi connectivity index (χ1n) is 5.76. The van der Waals surface area contributed by atoms with E-state index in [9.17, 15) is 0 Å². The Kier molecular flexibility index (Phi) is 4.87.